The molecule has 0 bridgehead atoms. The molecule has 2 aromatic rings. The summed E-state index contributed by atoms with van der Waals surface area (Å²) < 4.78 is 6.57. The van der Waals surface area contributed by atoms with Crippen molar-refractivity contribution < 1.29 is 24.5 Å². The number of carboxylic acids is 1. The molecule has 0 aliphatic heterocycles. The third kappa shape index (κ3) is 5.98. The van der Waals surface area contributed by atoms with Crippen molar-refractivity contribution in [2.24, 2.45) is 0 Å². The molecule has 1 amide bonds. The second kappa shape index (κ2) is 8.90. The van der Waals surface area contributed by atoms with Gasteiger partial charge in [-0.1, -0.05) is 35.5 Å². The van der Waals surface area contributed by atoms with E-state index in [1.54, 1.807) is 0 Å². The summed E-state index contributed by atoms with van der Waals surface area (Å²) in [4.78, 5) is 24.1. The van der Waals surface area contributed by atoms with E-state index in [0.29, 0.717) is 6.61 Å². The number of carbonyl (C=O) groups excluding carboxylic acids is 1. The van der Waals surface area contributed by atoms with Gasteiger partial charge in [-0.25, -0.2) is 9.48 Å². The van der Waals surface area contributed by atoms with E-state index in [1.165, 1.54) is 18.1 Å². The molecule has 1 aromatic heterocycles. The molecule has 1 atom stereocenters. The Morgan fingerprint density at radius 3 is 2.68 bits per heavy atom. The number of aliphatic hydroxyl groups excluding tert-OH is 1. The van der Waals surface area contributed by atoms with Gasteiger partial charge in [0.25, 0.3) is 0 Å². The maximum absolute atomic E-state index is 12.1. The zero-order valence-electron chi connectivity index (χ0n) is 13.8. The molecule has 9 nitrogen and oxygen atoms in total. The van der Waals surface area contributed by atoms with Crippen LogP contribution in [0.25, 0.3) is 0 Å². The van der Waals surface area contributed by atoms with Crippen LogP contribution >= 0.6 is 0 Å². The second-order valence-corrected chi connectivity index (χ2v) is 5.54. The molecule has 0 aliphatic rings. The third-order valence-corrected chi connectivity index (χ3v) is 3.39. The van der Waals surface area contributed by atoms with Gasteiger partial charge in [0, 0.05) is 13.6 Å². The monoisotopic (exact) mass is 348 g/mol. The lowest BCUT2D eigenvalue weighted by atomic mass is 10.2. The fraction of sp³-hybridized carbons (Fsp3) is 0.375. The number of aromatic nitrogens is 3. The summed E-state index contributed by atoms with van der Waals surface area (Å²) in [6.45, 7) is 0.411. The smallest absolute Gasteiger partial charge is 0.358 e. The first kappa shape index (κ1) is 18.6. The standard InChI is InChI=1S/C16H20N4O5/c1-19(15(22)9-20-8-14(16(23)24)17-18-20)7-13(21)11-25-10-12-5-3-2-4-6-12/h2-6,8,13,21H,7,9-11H2,1H3,(H,23,24). The van der Waals surface area contributed by atoms with Gasteiger partial charge in [-0.05, 0) is 5.56 Å². The molecule has 0 fully saturated rings. The minimum absolute atomic E-state index is 0.0914. The Bertz CT molecular complexity index is 704. The van der Waals surface area contributed by atoms with E-state index < -0.39 is 12.1 Å². The van der Waals surface area contributed by atoms with Crippen LogP contribution < -0.4 is 0 Å². The number of carboxylic acid groups (broad SMARTS) is 1. The average molecular weight is 348 g/mol. The Morgan fingerprint density at radius 2 is 2.04 bits per heavy atom. The van der Waals surface area contributed by atoms with Crippen LogP contribution in [-0.4, -0.2) is 68.3 Å². The zero-order chi connectivity index (χ0) is 18.2. The van der Waals surface area contributed by atoms with Crippen molar-refractivity contribution in [1.29, 1.82) is 0 Å². The van der Waals surface area contributed by atoms with Gasteiger partial charge in [-0.2, -0.15) is 0 Å². The van der Waals surface area contributed by atoms with Crippen molar-refractivity contribution in [1.82, 2.24) is 19.9 Å². The molecule has 2 rings (SSSR count). The molecule has 0 spiro atoms. The normalized spacial score (nSPS) is 11.9. The number of rotatable bonds is 9. The van der Waals surface area contributed by atoms with E-state index >= 15 is 0 Å². The predicted molar refractivity (Wildman–Crippen MR) is 86.7 cm³/mol. The van der Waals surface area contributed by atoms with Gasteiger partial charge in [-0.15, -0.1) is 5.10 Å². The first-order chi connectivity index (χ1) is 12.0. The number of hydrogen-bond acceptors (Lipinski definition) is 6. The quantitative estimate of drug-likeness (QED) is 0.655. The lowest BCUT2D eigenvalue weighted by Crippen LogP contribution is -2.38. The van der Waals surface area contributed by atoms with Crippen LogP contribution in [0.15, 0.2) is 36.5 Å². The molecule has 0 radical (unpaired) electrons. The molecule has 25 heavy (non-hydrogen) atoms. The highest BCUT2D eigenvalue weighted by Crippen LogP contribution is 2.02. The van der Waals surface area contributed by atoms with Crippen LogP contribution in [0, 0.1) is 0 Å². The lowest BCUT2D eigenvalue weighted by Gasteiger charge is -2.20. The third-order valence-electron chi connectivity index (χ3n) is 3.39. The van der Waals surface area contributed by atoms with Crippen molar-refractivity contribution in [2.75, 3.05) is 20.2 Å². The summed E-state index contributed by atoms with van der Waals surface area (Å²) in [6.07, 6.45) is 0.344. The number of aliphatic hydroxyl groups is 1. The zero-order valence-corrected chi connectivity index (χ0v) is 13.8. The fourth-order valence-corrected chi connectivity index (χ4v) is 2.09. The maximum Gasteiger partial charge on any atom is 0.358 e. The molecular weight excluding hydrogens is 328 g/mol. The Morgan fingerprint density at radius 1 is 1.32 bits per heavy atom. The van der Waals surface area contributed by atoms with Crippen LogP contribution in [0.4, 0.5) is 0 Å². The summed E-state index contributed by atoms with van der Waals surface area (Å²) in [6, 6.07) is 9.56. The number of hydrogen-bond donors (Lipinski definition) is 2. The highest BCUT2D eigenvalue weighted by atomic mass is 16.5. The van der Waals surface area contributed by atoms with Crippen molar-refractivity contribution in [3.05, 3.63) is 47.8 Å². The van der Waals surface area contributed by atoms with Gasteiger partial charge in [-0.3, -0.25) is 4.79 Å². The summed E-state index contributed by atoms with van der Waals surface area (Å²) in [5.41, 5.74) is 0.768. The molecule has 1 heterocycles. The summed E-state index contributed by atoms with van der Waals surface area (Å²) in [5, 5.41) is 25.7. The lowest BCUT2D eigenvalue weighted by molar-refractivity contribution is -0.132. The Hall–Kier alpha value is -2.78. The van der Waals surface area contributed by atoms with Crippen molar-refractivity contribution in [3.8, 4) is 0 Å². The molecular formula is C16H20N4O5. The van der Waals surface area contributed by atoms with Crippen LogP contribution in [0.1, 0.15) is 16.1 Å². The van der Waals surface area contributed by atoms with Gasteiger partial charge in [0.2, 0.25) is 5.91 Å². The van der Waals surface area contributed by atoms with E-state index in [2.05, 4.69) is 10.3 Å². The molecule has 134 valence electrons. The molecule has 1 unspecified atom stereocenters. The summed E-state index contributed by atoms with van der Waals surface area (Å²) >= 11 is 0. The van der Waals surface area contributed by atoms with Crippen LogP contribution in [0.2, 0.25) is 0 Å². The largest absolute Gasteiger partial charge is 0.476 e. The van der Waals surface area contributed by atoms with Crippen molar-refractivity contribution >= 4 is 11.9 Å². The number of carbonyl (C=O) groups is 2. The average Bonchev–Trinajstić information content (AvgIpc) is 3.04. The van der Waals surface area contributed by atoms with E-state index in [1.807, 2.05) is 30.3 Å². The van der Waals surface area contributed by atoms with E-state index in [9.17, 15) is 14.7 Å². The number of ether oxygens (including phenoxy) is 1. The molecule has 1 aromatic carbocycles. The molecule has 2 N–H and O–H groups in total. The Balaban J connectivity index is 1.72. The van der Waals surface area contributed by atoms with Gasteiger partial charge in [0.1, 0.15) is 6.54 Å². The van der Waals surface area contributed by atoms with Gasteiger partial charge in [0.15, 0.2) is 5.69 Å². The van der Waals surface area contributed by atoms with Crippen LogP contribution in [0.5, 0.6) is 0 Å². The highest BCUT2D eigenvalue weighted by molar-refractivity contribution is 5.84. The number of aromatic carboxylic acids is 1. The number of likely N-dealkylation sites (N-methyl/N-ethyl adjacent to an activating group) is 1. The van der Waals surface area contributed by atoms with E-state index in [0.717, 1.165) is 10.2 Å². The maximum atomic E-state index is 12.1. The fourth-order valence-electron chi connectivity index (χ4n) is 2.09. The second-order valence-electron chi connectivity index (χ2n) is 5.54. The molecule has 9 heteroatoms. The number of benzene rings is 1. The molecule has 0 saturated heterocycles. The number of amides is 1. The van der Waals surface area contributed by atoms with E-state index in [4.69, 9.17) is 9.84 Å². The Labute approximate surface area is 144 Å². The first-order valence-corrected chi connectivity index (χ1v) is 7.63. The topological polar surface area (TPSA) is 118 Å². The van der Waals surface area contributed by atoms with E-state index in [-0.39, 0.29) is 31.3 Å². The van der Waals surface area contributed by atoms with Gasteiger partial charge in [0.05, 0.1) is 25.5 Å². The van der Waals surface area contributed by atoms with Gasteiger partial charge >= 0.3 is 5.97 Å². The summed E-state index contributed by atoms with van der Waals surface area (Å²) in [5.74, 6) is -1.54. The van der Waals surface area contributed by atoms with Gasteiger partial charge < -0.3 is 19.8 Å². The summed E-state index contributed by atoms with van der Waals surface area (Å²) in [7, 11) is 1.54. The molecule has 0 saturated carbocycles. The van der Waals surface area contributed by atoms with Crippen molar-refractivity contribution in [2.45, 2.75) is 19.3 Å². The highest BCUT2D eigenvalue weighted by Gasteiger charge is 2.16. The molecule has 0 aliphatic carbocycles. The first-order valence-electron chi connectivity index (χ1n) is 7.63. The number of nitrogens with zero attached hydrogens (tertiary/aromatic N) is 4. The minimum atomic E-state index is -1.21. The van der Waals surface area contributed by atoms with Crippen molar-refractivity contribution in [3.63, 3.8) is 0 Å². The Kier molecular flexibility index (Phi) is 6.61. The van der Waals surface area contributed by atoms with Crippen LogP contribution in [-0.2, 0) is 22.7 Å². The SMILES string of the molecule is CN(CC(O)COCc1ccccc1)C(=O)Cn1cc(C(=O)O)nn1. The van der Waals surface area contributed by atoms with Crippen LogP contribution in [0.3, 0.4) is 0 Å². The minimum Gasteiger partial charge on any atom is -0.476 e. The predicted octanol–water partition coefficient (Wildman–Crippen LogP) is 0.0124.